The van der Waals surface area contributed by atoms with Crippen LogP contribution in [-0.2, 0) is 4.79 Å². The van der Waals surface area contributed by atoms with Crippen LogP contribution in [0.2, 0.25) is 0 Å². The van der Waals surface area contributed by atoms with Crippen LogP contribution in [0.3, 0.4) is 0 Å². The Balaban J connectivity index is 1.79. The topological polar surface area (TPSA) is 98.5 Å². The van der Waals surface area contributed by atoms with Gasteiger partial charge in [0.2, 0.25) is 0 Å². The van der Waals surface area contributed by atoms with Crippen LogP contribution < -0.4 is 10.1 Å². The lowest BCUT2D eigenvalue weighted by Gasteiger charge is -2.08. The molecular formula is C21H16N2O5. The van der Waals surface area contributed by atoms with Gasteiger partial charge in [-0.1, -0.05) is 30.3 Å². The molecule has 0 aliphatic heterocycles. The van der Waals surface area contributed by atoms with Crippen LogP contribution in [0.4, 0.5) is 11.4 Å². The summed E-state index contributed by atoms with van der Waals surface area (Å²) in [5.74, 6) is -0.331. The number of rotatable bonds is 5. The number of nitro benzene ring substituents is 1. The van der Waals surface area contributed by atoms with E-state index in [0.29, 0.717) is 17.0 Å². The maximum atomic E-state index is 12.5. The summed E-state index contributed by atoms with van der Waals surface area (Å²) >= 11 is 0. The van der Waals surface area contributed by atoms with Crippen LogP contribution in [0.5, 0.6) is 5.75 Å². The molecule has 3 aromatic carbocycles. The number of hydrogen-bond donors (Lipinski definition) is 1. The van der Waals surface area contributed by atoms with Gasteiger partial charge >= 0.3 is 5.97 Å². The predicted molar refractivity (Wildman–Crippen MR) is 104 cm³/mol. The molecule has 0 spiro atoms. The fraction of sp³-hybridized carbons (Fsp3) is 0.0476. The minimum absolute atomic E-state index is 0.0978. The van der Waals surface area contributed by atoms with Crippen molar-refractivity contribution in [1.82, 2.24) is 0 Å². The number of benzene rings is 3. The minimum atomic E-state index is -0.518. The molecule has 3 aromatic rings. The molecule has 0 fully saturated rings. The number of anilines is 1. The number of nitro groups is 1. The Morgan fingerprint density at radius 3 is 2.32 bits per heavy atom. The number of esters is 1. The van der Waals surface area contributed by atoms with E-state index in [-0.39, 0.29) is 11.6 Å². The highest BCUT2D eigenvalue weighted by molar-refractivity contribution is 6.05. The molecule has 3 rings (SSSR count). The maximum absolute atomic E-state index is 12.5. The van der Waals surface area contributed by atoms with Crippen LogP contribution in [0.25, 0.3) is 11.1 Å². The third kappa shape index (κ3) is 4.59. The molecule has 0 saturated heterocycles. The summed E-state index contributed by atoms with van der Waals surface area (Å²) in [4.78, 5) is 33.8. The zero-order chi connectivity index (χ0) is 20.1. The minimum Gasteiger partial charge on any atom is -0.427 e. The largest absolute Gasteiger partial charge is 0.427 e. The van der Waals surface area contributed by atoms with E-state index < -0.39 is 10.9 Å². The van der Waals surface area contributed by atoms with Crippen LogP contribution in [0.15, 0.2) is 72.8 Å². The highest BCUT2D eigenvalue weighted by atomic mass is 16.6. The molecule has 140 valence electrons. The molecule has 0 atom stereocenters. The fourth-order valence-electron chi connectivity index (χ4n) is 2.62. The zero-order valence-electron chi connectivity index (χ0n) is 14.9. The number of ether oxygens (including phenoxy) is 1. The van der Waals surface area contributed by atoms with Gasteiger partial charge < -0.3 is 10.1 Å². The molecule has 7 heteroatoms. The normalized spacial score (nSPS) is 10.2. The highest BCUT2D eigenvalue weighted by Crippen LogP contribution is 2.24. The van der Waals surface area contributed by atoms with Crippen molar-refractivity contribution in [1.29, 1.82) is 0 Å². The molecule has 0 aliphatic rings. The Bertz CT molecular complexity index is 1040. The molecule has 0 aromatic heterocycles. The fourth-order valence-corrected chi connectivity index (χ4v) is 2.62. The number of nitrogens with one attached hydrogen (secondary N) is 1. The lowest BCUT2D eigenvalue weighted by atomic mass is 10.0. The molecule has 1 N–H and O–H groups in total. The van der Waals surface area contributed by atoms with Gasteiger partial charge in [-0.25, -0.2) is 0 Å². The Morgan fingerprint density at radius 2 is 1.64 bits per heavy atom. The first-order valence-corrected chi connectivity index (χ1v) is 8.37. The van der Waals surface area contributed by atoms with Gasteiger partial charge in [0.05, 0.1) is 4.92 Å². The monoisotopic (exact) mass is 376 g/mol. The van der Waals surface area contributed by atoms with Gasteiger partial charge in [-0.05, 0) is 41.5 Å². The number of carbonyl (C=O) groups excluding carboxylic acids is 2. The Kier molecular flexibility index (Phi) is 5.45. The van der Waals surface area contributed by atoms with Crippen molar-refractivity contribution in [2.45, 2.75) is 6.92 Å². The van der Waals surface area contributed by atoms with Gasteiger partial charge in [-0.3, -0.25) is 19.7 Å². The van der Waals surface area contributed by atoms with Crippen molar-refractivity contribution in [3.8, 4) is 16.9 Å². The first kappa shape index (κ1) is 18.8. The lowest BCUT2D eigenvalue weighted by molar-refractivity contribution is -0.384. The quantitative estimate of drug-likeness (QED) is 0.307. The first-order valence-electron chi connectivity index (χ1n) is 8.37. The molecule has 0 aliphatic carbocycles. The predicted octanol–water partition coefficient (Wildman–Crippen LogP) is 4.44. The SMILES string of the molecule is CC(=O)Oc1ccc(-c2cccc(C(=O)Nc3cccc([N+](=O)[O-])c3)c2)cc1. The zero-order valence-corrected chi connectivity index (χ0v) is 14.9. The van der Waals surface area contributed by atoms with Crippen molar-refractivity contribution in [3.63, 3.8) is 0 Å². The van der Waals surface area contributed by atoms with E-state index in [2.05, 4.69) is 5.32 Å². The smallest absolute Gasteiger partial charge is 0.308 e. The molecular weight excluding hydrogens is 360 g/mol. The second-order valence-electron chi connectivity index (χ2n) is 5.96. The van der Waals surface area contributed by atoms with Gasteiger partial charge in [0.25, 0.3) is 11.6 Å². The van der Waals surface area contributed by atoms with E-state index in [9.17, 15) is 19.7 Å². The van der Waals surface area contributed by atoms with Gasteiger partial charge in [-0.2, -0.15) is 0 Å². The Labute approximate surface area is 160 Å². The van der Waals surface area contributed by atoms with E-state index in [0.717, 1.165) is 11.1 Å². The third-order valence-electron chi connectivity index (χ3n) is 3.89. The Morgan fingerprint density at radius 1 is 0.929 bits per heavy atom. The molecule has 28 heavy (non-hydrogen) atoms. The highest BCUT2D eigenvalue weighted by Gasteiger charge is 2.11. The number of nitrogens with zero attached hydrogens (tertiary/aromatic N) is 1. The standard InChI is InChI=1S/C21H16N2O5/c1-14(24)28-20-10-8-15(9-11-20)16-4-2-5-17(12-16)21(25)22-18-6-3-7-19(13-18)23(26)27/h2-13H,1H3,(H,22,25). The van der Waals surface area contributed by atoms with Gasteiger partial charge in [0, 0.05) is 30.3 Å². The summed E-state index contributed by atoms with van der Waals surface area (Å²) in [7, 11) is 0. The van der Waals surface area contributed by atoms with E-state index >= 15 is 0 Å². The molecule has 0 radical (unpaired) electrons. The maximum Gasteiger partial charge on any atom is 0.308 e. The van der Waals surface area contributed by atoms with Gasteiger partial charge in [-0.15, -0.1) is 0 Å². The van der Waals surface area contributed by atoms with E-state index in [4.69, 9.17) is 4.74 Å². The van der Waals surface area contributed by atoms with E-state index in [1.165, 1.54) is 25.1 Å². The van der Waals surface area contributed by atoms with Crippen LogP contribution in [0, 0.1) is 10.1 Å². The summed E-state index contributed by atoms with van der Waals surface area (Å²) in [6.45, 7) is 1.33. The van der Waals surface area contributed by atoms with Crippen molar-refractivity contribution < 1.29 is 19.2 Å². The summed E-state index contributed by atoms with van der Waals surface area (Å²) < 4.78 is 5.01. The van der Waals surface area contributed by atoms with Crippen LogP contribution >= 0.6 is 0 Å². The average molecular weight is 376 g/mol. The number of amides is 1. The number of carbonyl (C=O) groups is 2. The summed E-state index contributed by atoms with van der Waals surface area (Å²) in [5.41, 5.74) is 2.31. The van der Waals surface area contributed by atoms with Crippen LogP contribution in [-0.4, -0.2) is 16.8 Å². The number of non-ortho nitro benzene ring substituents is 1. The summed E-state index contributed by atoms with van der Waals surface area (Å²) in [6, 6.07) is 19.6. The van der Waals surface area contributed by atoms with Crippen molar-refractivity contribution in [3.05, 3.63) is 88.5 Å². The lowest BCUT2D eigenvalue weighted by Crippen LogP contribution is -2.12. The molecule has 0 saturated carbocycles. The number of hydrogen-bond acceptors (Lipinski definition) is 5. The molecule has 7 nitrogen and oxygen atoms in total. The van der Waals surface area contributed by atoms with Crippen LogP contribution in [0.1, 0.15) is 17.3 Å². The third-order valence-corrected chi connectivity index (χ3v) is 3.89. The van der Waals surface area contributed by atoms with Crippen molar-refractivity contribution in [2.75, 3.05) is 5.32 Å². The summed E-state index contributed by atoms with van der Waals surface area (Å²) in [6.07, 6.45) is 0. The second-order valence-corrected chi connectivity index (χ2v) is 5.96. The second kappa shape index (κ2) is 8.13. The molecule has 1 amide bonds. The average Bonchev–Trinajstić information content (AvgIpc) is 2.68. The Hall–Kier alpha value is -4.00. The van der Waals surface area contributed by atoms with Gasteiger partial charge in [0.1, 0.15) is 5.75 Å². The van der Waals surface area contributed by atoms with Crippen molar-refractivity contribution >= 4 is 23.3 Å². The van der Waals surface area contributed by atoms with Crippen molar-refractivity contribution in [2.24, 2.45) is 0 Å². The van der Waals surface area contributed by atoms with E-state index in [1.807, 2.05) is 6.07 Å². The molecule has 0 heterocycles. The summed E-state index contributed by atoms with van der Waals surface area (Å²) in [5, 5.41) is 13.5. The van der Waals surface area contributed by atoms with E-state index in [1.54, 1.807) is 48.5 Å². The first-order chi connectivity index (χ1) is 13.4. The van der Waals surface area contributed by atoms with Gasteiger partial charge in [0.15, 0.2) is 0 Å². The molecule has 0 unspecified atom stereocenters. The molecule has 0 bridgehead atoms.